The van der Waals surface area contributed by atoms with Crippen molar-refractivity contribution in [3.8, 4) is 0 Å². The monoisotopic (exact) mass is 200 g/mol. The summed E-state index contributed by atoms with van der Waals surface area (Å²) in [5.74, 6) is 0.612. The van der Waals surface area contributed by atoms with Crippen LogP contribution in [0.1, 0.15) is 12.8 Å². The summed E-state index contributed by atoms with van der Waals surface area (Å²) >= 11 is 5.63. The van der Waals surface area contributed by atoms with Gasteiger partial charge in [-0.25, -0.2) is 9.97 Å². The first-order chi connectivity index (χ1) is 6.33. The molecule has 0 aromatic carbocycles. The Bertz CT molecular complexity index is 236. The van der Waals surface area contributed by atoms with Gasteiger partial charge in [-0.3, -0.25) is 0 Å². The van der Waals surface area contributed by atoms with Gasteiger partial charge in [0.15, 0.2) is 0 Å². The van der Waals surface area contributed by atoms with Crippen molar-refractivity contribution >= 4 is 17.5 Å². The molecule has 5 heteroatoms. The van der Waals surface area contributed by atoms with Crippen molar-refractivity contribution in [2.24, 2.45) is 5.73 Å². The highest BCUT2D eigenvalue weighted by atomic mass is 35.5. The molecule has 0 amide bonds. The van der Waals surface area contributed by atoms with Gasteiger partial charge in [0, 0.05) is 6.54 Å². The van der Waals surface area contributed by atoms with Crippen LogP contribution in [0, 0.1) is 0 Å². The van der Waals surface area contributed by atoms with Crippen molar-refractivity contribution in [3.05, 3.63) is 17.4 Å². The molecule has 0 atom stereocenters. The molecule has 0 bridgehead atoms. The molecule has 0 spiro atoms. The summed E-state index contributed by atoms with van der Waals surface area (Å²) in [6.07, 6.45) is 5.18. The van der Waals surface area contributed by atoms with Gasteiger partial charge in [0.25, 0.3) is 0 Å². The van der Waals surface area contributed by atoms with Crippen molar-refractivity contribution < 1.29 is 0 Å². The Morgan fingerprint density at radius 2 is 2.00 bits per heavy atom. The van der Waals surface area contributed by atoms with E-state index < -0.39 is 0 Å². The predicted octanol–water partition coefficient (Wildman–Crippen LogP) is 1.28. The number of nitrogens with one attached hydrogen (secondary N) is 1. The number of halogens is 1. The third-order valence-electron chi connectivity index (χ3n) is 1.53. The van der Waals surface area contributed by atoms with Gasteiger partial charge in [-0.05, 0) is 19.4 Å². The molecule has 1 heterocycles. The van der Waals surface area contributed by atoms with E-state index in [1.807, 2.05) is 0 Å². The Labute approximate surface area is 82.5 Å². The first kappa shape index (κ1) is 10.2. The van der Waals surface area contributed by atoms with Crippen molar-refractivity contribution in [2.45, 2.75) is 12.8 Å². The number of unbranched alkanes of at least 4 members (excludes halogenated alkanes) is 1. The quantitative estimate of drug-likeness (QED) is 0.703. The molecule has 0 aliphatic carbocycles. The third-order valence-corrected chi connectivity index (χ3v) is 1.73. The maximum Gasteiger partial charge on any atom is 0.222 e. The summed E-state index contributed by atoms with van der Waals surface area (Å²) in [4.78, 5) is 7.98. The Hall–Kier alpha value is -0.870. The van der Waals surface area contributed by atoms with E-state index in [0.29, 0.717) is 11.0 Å². The summed E-state index contributed by atoms with van der Waals surface area (Å²) in [5.41, 5.74) is 5.35. The SMILES string of the molecule is NCCCCNc1ncc(Cl)cn1. The Morgan fingerprint density at radius 1 is 1.31 bits per heavy atom. The maximum atomic E-state index is 5.63. The molecule has 0 aliphatic heterocycles. The van der Waals surface area contributed by atoms with Gasteiger partial charge in [-0.15, -0.1) is 0 Å². The molecule has 0 fully saturated rings. The van der Waals surface area contributed by atoms with Crippen LogP contribution in [0.4, 0.5) is 5.95 Å². The van der Waals surface area contributed by atoms with Gasteiger partial charge in [0.1, 0.15) is 0 Å². The normalized spacial score (nSPS) is 10.0. The van der Waals surface area contributed by atoms with E-state index in [1.165, 1.54) is 0 Å². The zero-order valence-corrected chi connectivity index (χ0v) is 8.09. The van der Waals surface area contributed by atoms with E-state index in [-0.39, 0.29) is 0 Å². The van der Waals surface area contributed by atoms with E-state index in [1.54, 1.807) is 12.4 Å². The van der Waals surface area contributed by atoms with Crippen molar-refractivity contribution in [1.82, 2.24) is 9.97 Å². The molecular weight excluding hydrogens is 188 g/mol. The highest BCUT2D eigenvalue weighted by Gasteiger charge is 1.93. The fourth-order valence-corrected chi connectivity index (χ4v) is 0.971. The van der Waals surface area contributed by atoms with E-state index in [9.17, 15) is 0 Å². The predicted molar refractivity (Wildman–Crippen MR) is 53.8 cm³/mol. The zero-order chi connectivity index (χ0) is 9.52. The fourth-order valence-electron chi connectivity index (χ4n) is 0.873. The van der Waals surface area contributed by atoms with E-state index in [0.717, 1.165) is 25.9 Å². The lowest BCUT2D eigenvalue weighted by atomic mass is 10.3. The molecule has 4 nitrogen and oxygen atoms in total. The summed E-state index contributed by atoms with van der Waals surface area (Å²) in [6.45, 7) is 1.57. The first-order valence-corrected chi connectivity index (χ1v) is 4.62. The van der Waals surface area contributed by atoms with Crippen LogP contribution in [0.5, 0.6) is 0 Å². The van der Waals surface area contributed by atoms with Gasteiger partial charge >= 0.3 is 0 Å². The summed E-state index contributed by atoms with van der Waals surface area (Å²) < 4.78 is 0. The highest BCUT2D eigenvalue weighted by molar-refractivity contribution is 6.30. The molecule has 1 aromatic heterocycles. The standard InChI is InChI=1S/C8H13ClN4/c9-7-5-12-8(13-6-7)11-4-2-1-3-10/h5-6H,1-4,10H2,(H,11,12,13). The third kappa shape index (κ3) is 4.05. The smallest absolute Gasteiger partial charge is 0.222 e. The number of nitrogens with two attached hydrogens (primary N) is 1. The van der Waals surface area contributed by atoms with Crippen LogP contribution >= 0.6 is 11.6 Å². The molecule has 72 valence electrons. The van der Waals surface area contributed by atoms with Crippen LogP contribution in [0.15, 0.2) is 12.4 Å². The van der Waals surface area contributed by atoms with Crippen molar-refractivity contribution in [1.29, 1.82) is 0 Å². The number of nitrogens with zero attached hydrogens (tertiary/aromatic N) is 2. The molecule has 0 saturated heterocycles. The molecule has 1 aromatic rings. The Morgan fingerprint density at radius 3 is 2.62 bits per heavy atom. The Kier molecular flexibility index (Phi) is 4.49. The summed E-state index contributed by atoms with van der Waals surface area (Å²) in [7, 11) is 0. The minimum Gasteiger partial charge on any atom is -0.354 e. The molecular formula is C8H13ClN4. The van der Waals surface area contributed by atoms with Crippen LogP contribution in [-0.4, -0.2) is 23.1 Å². The van der Waals surface area contributed by atoms with Crippen LogP contribution in [0.25, 0.3) is 0 Å². The number of hydrogen-bond acceptors (Lipinski definition) is 4. The van der Waals surface area contributed by atoms with Gasteiger partial charge in [-0.2, -0.15) is 0 Å². The fraction of sp³-hybridized carbons (Fsp3) is 0.500. The minimum absolute atomic E-state index is 0.549. The van der Waals surface area contributed by atoms with E-state index in [4.69, 9.17) is 17.3 Å². The highest BCUT2D eigenvalue weighted by Crippen LogP contribution is 2.05. The number of aromatic nitrogens is 2. The number of hydrogen-bond donors (Lipinski definition) is 2. The number of rotatable bonds is 5. The van der Waals surface area contributed by atoms with Crippen LogP contribution in [-0.2, 0) is 0 Å². The van der Waals surface area contributed by atoms with E-state index in [2.05, 4.69) is 15.3 Å². The second-order valence-corrected chi connectivity index (χ2v) is 3.08. The van der Waals surface area contributed by atoms with Crippen LogP contribution in [0.2, 0.25) is 5.02 Å². The number of anilines is 1. The maximum absolute atomic E-state index is 5.63. The zero-order valence-electron chi connectivity index (χ0n) is 7.33. The topological polar surface area (TPSA) is 63.8 Å². The van der Waals surface area contributed by atoms with Gasteiger partial charge in [0.2, 0.25) is 5.95 Å². The van der Waals surface area contributed by atoms with E-state index >= 15 is 0 Å². The molecule has 1 rings (SSSR count). The second kappa shape index (κ2) is 5.72. The van der Waals surface area contributed by atoms with Crippen LogP contribution in [0.3, 0.4) is 0 Å². The molecule has 0 saturated carbocycles. The molecule has 13 heavy (non-hydrogen) atoms. The lowest BCUT2D eigenvalue weighted by molar-refractivity contribution is 0.770. The largest absolute Gasteiger partial charge is 0.354 e. The molecule has 0 radical (unpaired) electrons. The average molecular weight is 201 g/mol. The summed E-state index contributed by atoms with van der Waals surface area (Å²) in [6, 6.07) is 0. The van der Waals surface area contributed by atoms with Crippen molar-refractivity contribution in [3.63, 3.8) is 0 Å². The Balaban J connectivity index is 2.25. The van der Waals surface area contributed by atoms with Gasteiger partial charge in [-0.1, -0.05) is 11.6 Å². The molecule has 0 unspecified atom stereocenters. The van der Waals surface area contributed by atoms with Crippen molar-refractivity contribution in [2.75, 3.05) is 18.4 Å². The molecule has 3 N–H and O–H groups in total. The lowest BCUT2D eigenvalue weighted by Crippen LogP contribution is -2.07. The second-order valence-electron chi connectivity index (χ2n) is 2.65. The molecule has 0 aliphatic rings. The van der Waals surface area contributed by atoms with Crippen LogP contribution < -0.4 is 11.1 Å². The average Bonchev–Trinajstić information content (AvgIpc) is 2.15. The van der Waals surface area contributed by atoms with Gasteiger partial charge in [0.05, 0.1) is 17.4 Å². The summed E-state index contributed by atoms with van der Waals surface area (Å²) in [5, 5.41) is 3.62. The first-order valence-electron chi connectivity index (χ1n) is 4.24. The lowest BCUT2D eigenvalue weighted by Gasteiger charge is -2.02. The minimum atomic E-state index is 0.549. The van der Waals surface area contributed by atoms with Gasteiger partial charge < -0.3 is 11.1 Å².